The molecule has 1 aliphatic rings. The molecule has 0 aliphatic carbocycles. The lowest BCUT2D eigenvalue weighted by atomic mass is 10.0. The molecule has 2 heterocycles. The molecule has 4 aromatic rings. The molecule has 0 spiro atoms. The third kappa shape index (κ3) is 7.11. The monoisotopic (exact) mass is 634 g/mol. The van der Waals surface area contributed by atoms with Gasteiger partial charge in [-0.3, -0.25) is 4.79 Å². The molecule has 13 heteroatoms. The highest BCUT2D eigenvalue weighted by atomic mass is 32.2. The van der Waals surface area contributed by atoms with Gasteiger partial charge in [0.25, 0.3) is 10.0 Å². The molecule has 0 saturated carbocycles. The number of nitrogens with one attached hydrogen (secondary N) is 2. The molecule has 45 heavy (non-hydrogen) atoms. The van der Waals surface area contributed by atoms with Crippen molar-refractivity contribution < 1.29 is 27.9 Å². The third-order valence-corrected chi connectivity index (χ3v) is 9.71. The SMILES string of the molecule is C[C@H](CO)N1C[C@H](C)[C@@H](CN(C)S(=O)(=O)c2cn(C)cn2)Oc2ccc(NC(=O)Nc3cccc4ccccc34)cc2CC1=O. The third-order valence-electron chi connectivity index (χ3n) is 8.01. The Hall–Kier alpha value is -4.46. The summed E-state index contributed by atoms with van der Waals surface area (Å²) in [6.07, 6.45) is 2.16. The second-order valence-electron chi connectivity index (χ2n) is 11.5. The maximum absolute atomic E-state index is 13.5. The summed E-state index contributed by atoms with van der Waals surface area (Å²) in [7, 11) is -0.749. The van der Waals surface area contributed by atoms with Gasteiger partial charge in [0.15, 0.2) is 5.03 Å². The van der Waals surface area contributed by atoms with Crippen molar-refractivity contribution in [2.75, 3.05) is 37.4 Å². The summed E-state index contributed by atoms with van der Waals surface area (Å²) in [6.45, 7) is 3.64. The van der Waals surface area contributed by atoms with Crippen molar-refractivity contribution in [3.05, 3.63) is 78.8 Å². The van der Waals surface area contributed by atoms with Crippen LogP contribution in [-0.2, 0) is 28.3 Å². The largest absolute Gasteiger partial charge is 0.488 e. The molecule has 3 amide bonds. The van der Waals surface area contributed by atoms with E-state index in [1.54, 1.807) is 41.6 Å². The number of aliphatic hydroxyl groups excluding tert-OH is 1. The van der Waals surface area contributed by atoms with Crippen LogP contribution in [0, 0.1) is 5.92 Å². The van der Waals surface area contributed by atoms with Crippen LogP contribution in [0.15, 0.2) is 78.2 Å². The molecule has 0 unspecified atom stereocenters. The van der Waals surface area contributed by atoms with E-state index in [0.29, 0.717) is 22.7 Å². The Morgan fingerprint density at radius 3 is 2.64 bits per heavy atom. The Labute approximate surface area is 262 Å². The minimum Gasteiger partial charge on any atom is -0.488 e. The van der Waals surface area contributed by atoms with Crippen molar-refractivity contribution in [1.82, 2.24) is 18.8 Å². The van der Waals surface area contributed by atoms with E-state index in [9.17, 15) is 23.1 Å². The van der Waals surface area contributed by atoms with E-state index >= 15 is 0 Å². The zero-order valence-corrected chi connectivity index (χ0v) is 26.5. The first-order valence-corrected chi connectivity index (χ1v) is 16.1. The number of hydrogen-bond donors (Lipinski definition) is 3. The number of likely N-dealkylation sites (N-methyl/N-ethyl adjacent to an activating group) is 1. The number of nitrogens with zero attached hydrogens (tertiary/aromatic N) is 4. The van der Waals surface area contributed by atoms with Crippen LogP contribution in [0.2, 0.25) is 0 Å². The lowest BCUT2D eigenvalue weighted by molar-refractivity contribution is -0.134. The van der Waals surface area contributed by atoms with E-state index in [4.69, 9.17) is 4.74 Å². The molecule has 1 aromatic heterocycles. The number of benzene rings is 3. The van der Waals surface area contributed by atoms with Crippen molar-refractivity contribution in [2.24, 2.45) is 13.0 Å². The highest BCUT2D eigenvalue weighted by Gasteiger charge is 2.34. The number of anilines is 2. The predicted octanol–water partition coefficient (Wildman–Crippen LogP) is 3.69. The maximum Gasteiger partial charge on any atom is 0.323 e. The molecular formula is C32H38N6O6S. The molecule has 1 aliphatic heterocycles. The van der Waals surface area contributed by atoms with E-state index in [0.717, 1.165) is 10.8 Å². The van der Waals surface area contributed by atoms with Crippen LogP contribution in [0.25, 0.3) is 10.8 Å². The van der Waals surface area contributed by atoms with Gasteiger partial charge in [0, 0.05) is 49.4 Å². The quantitative estimate of drug-likeness (QED) is 0.268. The molecule has 3 aromatic carbocycles. The summed E-state index contributed by atoms with van der Waals surface area (Å²) < 4.78 is 35.7. The van der Waals surface area contributed by atoms with Crippen molar-refractivity contribution in [2.45, 2.75) is 37.4 Å². The Morgan fingerprint density at radius 2 is 1.91 bits per heavy atom. The molecule has 0 radical (unpaired) electrons. The molecule has 12 nitrogen and oxygen atoms in total. The number of sulfonamides is 1. The molecule has 0 fully saturated rings. The van der Waals surface area contributed by atoms with Gasteiger partial charge in [-0.1, -0.05) is 43.3 Å². The van der Waals surface area contributed by atoms with Gasteiger partial charge in [-0.2, -0.15) is 4.31 Å². The van der Waals surface area contributed by atoms with Crippen LogP contribution in [0.4, 0.5) is 16.2 Å². The number of rotatable bonds is 8. The number of carbonyl (C=O) groups is 2. The summed E-state index contributed by atoms with van der Waals surface area (Å²) >= 11 is 0. The van der Waals surface area contributed by atoms with Crippen molar-refractivity contribution in [1.29, 1.82) is 0 Å². The summed E-state index contributed by atoms with van der Waals surface area (Å²) in [6, 6.07) is 17.5. The normalized spacial score (nSPS) is 18.0. The van der Waals surface area contributed by atoms with Crippen molar-refractivity contribution in [3.63, 3.8) is 0 Å². The lowest BCUT2D eigenvalue weighted by Crippen LogP contribution is -2.48. The standard InChI is InChI=1S/C32H38N6O6S/c1-21-16-38(22(2)19-39)31(40)15-24-14-25(34-32(41)35-27-11-7-9-23-8-5-6-10-26(23)27)12-13-28(24)44-29(21)17-37(4)45(42,43)30-18-36(3)20-33-30/h5-14,18,20-22,29,39H,15-17,19H2,1-4H3,(H2,34,35,41)/t21-,22+,29+/m0/s1. The summed E-state index contributed by atoms with van der Waals surface area (Å²) in [5.74, 6) is -0.123. The number of aliphatic hydroxyl groups is 1. The second kappa shape index (κ2) is 13.3. The number of fused-ring (bicyclic) bond motifs is 2. The molecule has 3 N–H and O–H groups in total. The van der Waals surface area contributed by atoms with E-state index in [1.807, 2.05) is 49.4 Å². The average molecular weight is 635 g/mol. The maximum atomic E-state index is 13.5. The van der Waals surface area contributed by atoms with E-state index < -0.39 is 28.2 Å². The number of urea groups is 1. The molecule has 3 atom stereocenters. The van der Waals surface area contributed by atoms with Crippen LogP contribution < -0.4 is 15.4 Å². The van der Waals surface area contributed by atoms with Crippen LogP contribution in [0.1, 0.15) is 19.4 Å². The zero-order valence-electron chi connectivity index (χ0n) is 25.7. The van der Waals surface area contributed by atoms with Crippen LogP contribution in [0.3, 0.4) is 0 Å². The van der Waals surface area contributed by atoms with Crippen molar-refractivity contribution in [3.8, 4) is 5.75 Å². The molecule has 0 saturated heterocycles. The summed E-state index contributed by atoms with van der Waals surface area (Å²) in [5, 5.41) is 17.5. The number of ether oxygens (including phenoxy) is 1. The fourth-order valence-electron chi connectivity index (χ4n) is 5.38. The smallest absolute Gasteiger partial charge is 0.323 e. The van der Waals surface area contributed by atoms with Gasteiger partial charge in [-0.15, -0.1) is 0 Å². The predicted molar refractivity (Wildman–Crippen MR) is 172 cm³/mol. The number of aryl methyl sites for hydroxylation is 1. The number of amides is 3. The molecular weight excluding hydrogens is 596 g/mol. The van der Waals surface area contributed by atoms with E-state index in [1.165, 1.54) is 23.9 Å². The van der Waals surface area contributed by atoms with Gasteiger partial charge in [0.05, 0.1) is 37.6 Å². The Kier molecular flexibility index (Phi) is 9.42. The van der Waals surface area contributed by atoms with Gasteiger partial charge >= 0.3 is 6.03 Å². The highest BCUT2D eigenvalue weighted by molar-refractivity contribution is 7.89. The Balaban J connectivity index is 1.41. The van der Waals surface area contributed by atoms with Gasteiger partial charge in [-0.05, 0) is 36.6 Å². The lowest BCUT2D eigenvalue weighted by Gasteiger charge is -2.33. The molecule has 238 valence electrons. The minimum absolute atomic E-state index is 0.0114. The highest BCUT2D eigenvalue weighted by Crippen LogP contribution is 2.30. The minimum atomic E-state index is -3.91. The summed E-state index contributed by atoms with van der Waals surface area (Å²) in [5.41, 5.74) is 1.62. The topological polar surface area (TPSA) is 146 Å². The second-order valence-corrected chi connectivity index (χ2v) is 13.5. The number of imidazole rings is 1. The first kappa shape index (κ1) is 31.9. The number of carbonyl (C=O) groups excluding carboxylic acids is 2. The van der Waals surface area contributed by atoms with Crippen LogP contribution in [0.5, 0.6) is 5.75 Å². The number of aromatic nitrogens is 2. The Bertz CT molecular complexity index is 1800. The van der Waals surface area contributed by atoms with Gasteiger partial charge in [0.1, 0.15) is 11.9 Å². The first-order chi connectivity index (χ1) is 21.5. The van der Waals surface area contributed by atoms with Gasteiger partial charge in [0.2, 0.25) is 5.91 Å². The summed E-state index contributed by atoms with van der Waals surface area (Å²) in [4.78, 5) is 32.2. The fraction of sp³-hybridized carbons (Fsp3) is 0.344. The fourth-order valence-corrected chi connectivity index (χ4v) is 6.52. The van der Waals surface area contributed by atoms with Gasteiger partial charge in [-0.25, -0.2) is 18.2 Å². The molecule has 5 rings (SSSR count). The van der Waals surface area contributed by atoms with E-state index in [-0.39, 0.29) is 43.0 Å². The number of hydrogen-bond acceptors (Lipinski definition) is 7. The van der Waals surface area contributed by atoms with Crippen LogP contribution >= 0.6 is 0 Å². The zero-order chi connectivity index (χ0) is 32.3. The van der Waals surface area contributed by atoms with Gasteiger partial charge < -0.3 is 29.9 Å². The van der Waals surface area contributed by atoms with E-state index in [2.05, 4.69) is 15.6 Å². The molecule has 0 bridgehead atoms. The van der Waals surface area contributed by atoms with Crippen LogP contribution in [-0.4, -0.2) is 83.1 Å². The van der Waals surface area contributed by atoms with Crippen molar-refractivity contribution >= 4 is 44.1 Å². The first-order valence-electron chi connectivity index (χ1n) is 14.7. The Morgan fingerprint density at radius 1 is 1.16 bits per heavy atom. The average Bonchev–Trinajstić information content (AvgIpc) is 3.48.